The highest BCUT2D eigenvalue weighted by atomic mass is 16.3. The Bertz CT molecular complexity index is 299. The standard InChI is InChI=1S/C12H20N2O/c1-9(2)12(8-15)14-7-11-5-4-6-13-10(11)3/h4-6,9,12,14-15H,7-8H2,1-3H3/t12-/m1/s1. The molecule has 0 bridgehead atoms. The minimum Gasteiger partial charge on any atom is -0.395 e. The number of aryl methyl sites for hydroxylation is 1. The molecule has 1 atom stereocenters. The third-order valence-corrected chi connectivity index (χ3v) is 2.67. The van der Waals surface area contributed by atoms with Gasteiger partial charge in [-0.2, -0.15) is 0 Å². The fraction of sp³-hybridized carbons (Fsp3) is 0.583. The van der Waals surface area contributed by atoms with Crippen LogP contribution in [0.15, 0.2) is 18.3 Å². The Hall–Kier alpha value is -0.930. The molecule has 1 rings (SSSR count). The first-order chi connectivity index (χ1) is 7.15. The van der Waals surface area contributed by atoms with Crippen molar-refractivity contribution in [1.29, 1.82) is 0 Å². The van der Waals surface area contributed by atoms with Gasteiger partial charge in [0.15, 0.2) is 0 Å². The Balaban J connectivity index is 2.53. The van der Waals surface area contributed by atoms with Crippen molar-refractivity contribution in [3.05, 3.63) is 29.6 Å². The topological polar surface area (TPSA) is 45.2 Å². The molecule has 0 aromatic carbocycles. The molecule has 3 heteroatoms. The van der Waals surface area contributed by atoms with Crippen LogP contribution in [0, 0.1) is 12.8 Å². The van der Waals surface area contributed by atoms with E-state index in [9.17, 15) is 0 Å². The van der Waals surface area contributed by atoms with Crippen molar-refractivity contribution in [2.45, 2.75) is 33.4 Å². The summed E-state index contributed by atoms with van der Waals surface area (Å²) in [5.74, 6) is 0.437. The number of aliphatic hydroxyl groups is 1. The lowest BCUT2D eigenvalue weighted by atomic mass is 10.0. The van der Waals surface area contributed by atoms with E-state index < -0.39 is 0 Å². The second kappa shape index (κ2) is 5.83. The van der Waals surface area contributed by atoms with Gasteiger partial charge < -0.3 is 10.4 Å². The van der Waals surface area contributed by atoms with E-state index in [1.165, 1.54) is 5.56 Å². The van der Waals surface area contributed by atoms with Crippen LogP contribution in [0.2, 0.25) is 0 Å². The molecule has 0 spiro atoms. The molecule has 1 aromatic heterocycles. The van der Waals surface area contributed by atoms with Gasteiger partial charge in [0.1, 0.15) is 0 Å². The Morgan fingerprint density at radius 2 is 2.20 bits per heavy atom. The van der Waals surface area contributed by atoms with E-state index in [0.717, 1.165) is 12.2 Å². The zero-order chi connectivity index (χ0) is 11.3. The molecule has 0 fully saturated rings. The zero-order valence-corrected chi connectivity index (χ0v) is 9.70. The fourth-order valence-corrected chi connectivity index (χ4v) is 1.46. The lowest BCUT2D eigenvalue weighted by molar-refractivity contribution is 0.210. The molecule has 0 unspecified atom stereocenters. The van der Waals surface area contributed by atoms with Gasteiger partial charge in [-0.15, -0.1) is 0 Å². The first-order valence-electron chi connectivity index (χ1n) is 5.40. The van der Waals surface area contributed by atoms with Gasteiger partial charge in [-0.05, 0) is 24.5 Å². The molecule has 84 valence electrons. The molecule has 0 saturated carbocycles. The van der Waals surface area contributed by atoms with Crippen LogP contribution >= 0.6 is 0 Å². The normalized spacial score (nSPS) is 13.1. The van der Waals surface area contributed by atoms with E-state index in [-0.39, 0.29) is 12.6 Å². The molecule has 2 N–H and O–H groups in total. The van der Waals surface area contributed by atoms with Crippen LogP contribution in [-0.4, -0.2) is 22.7 Å². The first kappa shape index (κ1) is 12.1. The van der Waals surface area contributed by atoms with Crippen molar-refractivity contribution < 1.29 is 5.11 Å². The number of rotatable bonds is 5. The van der Waals surface area contributed by atoms with Gasteiger partial charge in [-0.1, -0.05) is 19.9 Å². The minimum absolute atomic E-state index is 0.157. The van der Waals surface area contributed by atoms with Crippen molar-refractivity contribution in [1.82, 2.24) is 10.3 Å². The van der Waals surface area contributed by atoms with Gasteiger partial charge in [0.25, 0.3) is 0 Å². The maximum Gasteiger partial charge on any atom is 0.0587 e. The van der Waals surface area contributed by atoms with E-state index in [1.807, 2.05) is 13.0 Å². The van der Waals surface area contributed by atoms with Crippen LogP contribution < -0.4 is 5.32 Å². The van der Waals surface area contributed by atoms with E-state index in [0.29, 0.717) is 5.92 Å². The van der Waals surface area contributed by atoms with E-state index in [4.69, 9.17) is 5.11 Å². The molecule has 0 amide bonds. The second-order valence-corrected chi connectivity index (χ2v) is 4.16. The van der Waals surface area contributed by atoms with Crippen molar-refractivity contribution in [3.8, 4) is 0 Å². The van der Waals surface area contributed by atoms with Gasteiger partial charge in [0.2, 0.25) is 0 Å². The van der Waals surface area contributed by atoms with Crippen molar-refractivity contribution in [2.24, 2.45) is 5.92 Å². The first-order valence-corrected chi connectivity index (χ1v) is 5.40. The minimum atomic E-state index is 0.157. The number of hydrogen-bond donors (Lipinski definition) is 2. The second-order valence-electron chi connectivity index (χ2n) is 4.16. The van der Waals surface area contributed by atoms with E-state index >= 15 is 0 Å². The predicted molar refractivity (Wildman–Crippen MR) is 61.5 cm³/mol. The number of aliphatic hydroxyl groups excluding tert-OH is 1. The highest BCUT2D eigenvalue weighted by molar-refractivity contribution is 5.17. The Labute approximate surface area is 91.5 Å². The Morgan fingerprint density at radius 3 is 2.73 bits per heavy atom. The Kier molecular flexibility index (Phi) is 4.72. The van der Waals surface area contributed by atoms with Crippen LogP contribution in [0.5, 0.6) is 0 Å². The summed E-state index contributed by atoms with van der Waals surface area (Å²) in [5, 5.41) is 12.5. The molecule has 0 radical (unpaired) electrons. The molecule has 1 heterocycles. The monoisotopic (exact) mass is 208 g/mol. The average molecular weight is 208 g/mol. The summed E-state index contributed by atoms with van der Waals surface area (Å²) in [7, 11) is 0. The maximum atomic E-state index is 9.17. The molecule has 15 heavy (non-hydrogen) atoms. The summed E-state index contributed by atoms with van der Waals surface area (Å²) in [6, 6.07) is 4.15. The molecule has 1 aromatic rings. The lowest BCUT2D eigenvalue weighted by Crippen LogP contribution is -2.36. The molecular weight excluding hydrogens is 188 g/mol. The number of aromatic nitrogens is 1. The summed E-state index contributed by atoms with van der Waals surface area (Å²) >= 11 is 0. The van der Waals surface area contributed by atoms with Gasteiger partial charge in [0.05, 0.1) is 6.61 Å². The van der Waals surface area contributed by atoms with Crippen molar-refractivity contribution in [3.63, 3.8) is 0 Å². The van der Waals surface area contributed by atoms with Crippen molar-refractivity contribution >= 4 is 0 Å². The largest absolute Gasteiger partial charge is 0.395 e. The van der Waals surface area contributed by atoms with Gasteiger partial charge in [-0.25, -0.2) is 0 Å². The van der Waals surface area contributed by atoms with Crippen molar-refractivity contribution in [2.75, 3.05) is 6.61 Å². The van der Waals surface area contributed by atoms with Crippen LogP contribution in [-0.2, 0) is 6.54 Å². The van der Waals surface area contributed by atoms with Gasteiger partial charge in [-0.3, -0.25) is 4.98 Å². The molecule has 0 aliphatic rings. The van der Waals surface area contributed by atoms with Crippen LogP contribution in [0.4, 0.5) is 0 Å². The fourth-order valence-electron chi connectivity index (χ4n) is 1.46. The number of nitrogens with one attached hydrogen (secondary N) is 1. The highest BCUT2D eigenvalue weighted by Crippen LogP contribution is 2.06. The summed E-state index contributed by atoms with van der Waals surface area (Å²) in [6.45, 7) is 7.15. The molecule has 3 nitrogen and oxygen atoms in total. The summed E-state index contributed by atoms with van der Waals surface area (Å²) < 4.78 is 0. The van der Waals surface area contributed by atoms with Crippen LogP contribution in [0.3, 0.4) is 0 Å². The van der Waals surface area contributed by atoms with Gasteiger partial charge in [0, 0.05) is 24.5 Å². The Morgan fingerprint density at radius 1 is 1.47 bits per heavy atom. The number of hydrogen-bond acceptors (Lipinski definition) is 3. The highest BCUT2D eigenvalue weighted by Gasteiger charge is 2.11. The SMILES string of the molecule is Cc1ncccc1CN[C@H](CO)C(C)C. The summed E-state index contributed by atoms with van der Waals surface area (Å²) in [6.07, 6.45) is 1.80. The van der Waals surface area contributed by atoms with Crippen LogP contribution in [0.1, 0.15) is 25.1 Å². The third kappa shape index (κ3) is 3.61. The third-order valence-electron chi connectivity index (χ3n) is 2.67. The zero-order valence-electron chi connectivity index (χ0n) is 9.70. The van der Waals surface area contributed by atoms with E-state index in [2.05, 4.69) is 30.2 Å². The maximum absolute atomic E-state index is 9.17. The van der Waals surface area contributed by atoms with E-state index in [1.54, 1.807) is 6.20 Å². The number of nitrogens with zero attached hydrogens (tertiary/aromatic N) is 1. The predicted octanol–water partition coefficient (Wildman–Crippen LogP) is 1.50. The number of pyridine rings is 1. The lowest BCUT2D eigenvalue weighted by Gasteiger charge is -2.20. The summed E-state index contributed by atoms with van der Waals surface area (Å²) in [4.78, 5) is 4.23. The quantitative estimate of drug-likeness (QED) is 0.770. The van der Waals surface area contributed by atoms with Crippen LogP contribution in [0.25, 0.3) is 0 Å². The summed E-state index contributed by atoms with van der Waals surface area (Å²) in [5.41, 5.74) is 2.24. The molecule has 0 aliphatic carbocycles. The average Bonchev–Trinajstić information content (AvgIpc) is 2.21. The molecule has 0 saturated heterocycles. The molecule has 0 aliphatic heterocycles. The smallest absolute Gasteiger partial charge is 0.0587 e. The molecular formula is C12H20N2O. The van der Waals surface area contributed by atoms with Gasteiger partial charge >= 0.3 is 0 Å².